The fourth-order valence-corrected chi connectivity index (χ4v) is 4.09. The number of fused-ring (bicyclic) bond motifs is 2. The van der Waals surface area contributed by atoms with E-state index in [4.69, 9.17) is 4.74 Å². The molecule has 0 radical (unpaired) electrons. The van der Waals surface area contributed by atoms with Crippen molar-refractivity contribution >= 4 is 10.0 Å². The van der Waals surface area contributed by atoms with Gasteiger partial charge in [-0.05, 0) is 45.2 Å². The van der Waals surface area contributed by atoms with Gasteiger partial charge in [-0.3, -0.25) is 0 Å². The van der Waals surface area contributed by atoms with Crippen molar-refractivity contribution < 1.29 is 13.2 Å². The molecule has 18 heavy (non-hydrogen) atoms. The lowest BCUT2D eigenvalue weighted by atomic mass is 9.96. The summed E-state index contributed by atoms with van der Waals surface area (Å²) in [5.41, 5.74) is 0. The fraction of sp³-hybridized carbons (Fsp3) is 1.00. The first-order valence-electron chi connectivity index (χ1n) is 6.97. The Morgan fingerprint density at radius 2 is 2.11 bits per heavy atom. The van der Waals surface area contributed by atoms with Crippen LogP contribution in [0, 0.1) is 0 Å². The van der Waals surface area contributed by atoms with Gasteiger partial charge in [0.1, 0.15) is 0 Å². The summed E-state index contributed by atoms with van der Waals surface area (Å²) in [7, 11) is -3.14. The van der Waals surface area contributed by atoms with Gasteiger partial charge in [0.15, 0.2) is 0 Å². The molecule has 0 amide bonds. The Kier molecular flexibility index (Phi) is 5.00. The summed E-state index contributed by atoms with van der Waals surface area (Å²) in [6.45, 7) is 3.82. The van der Waals surface area contributed by atoms with Gasteiger partial charge in [-0.1, -0.05) is 6.92 Å². The standard InChI is InChI=1S/C12H24N2O3S/c1-2-6-13-7-3-8-18(15,16)14-11-9-10-4-5-12(11)17-10/h10-14H,2-9H2,1H3. The Morgan fingerprint density at radius 1 is 1.28 bits per heavy atom. The largest absolute Gasteiger partial charge is 0.373 e. The van der Waals surface area contributed by atoms with Gasteiger partial charge < -0.3 is 10.1 Å². The van der Waals surface area contributed by atoms with E-state index in [0.717, 1.165) is 38.8 Å². The van der Waals surface area contributed by atoms with Crippen LogP contribution in [0.5, 0.6) is 0 Å². The molecule has 2 aliphatic heterocycles. The van der Waals surface area contributed by atoms with E-state index in [1.165, 1.54) is 0 Å². The van der Waals surface area contributed by atoms with Gasteiger partial charge in [0.2, 0.25) is 10.0 Å². The van der Waals surface area contributed by atoms with Gasteiger partial charge in [-0.2, -0.15) is 0 Å². The van der Waals surface area contributed by atoms with Gasteiger partial charge in [0.25, 0.3) is 0 Å². The monoisotopic (exact) mass is 276 g/mol. The maximum absolute atomic E-state index is 11.9. The van der Waals surface area contributed by atoms with E-state index >= 15 is 0 Å². The molecule has 0 spiro atoms. The Morgan fingerprint density at radius 3 is 2.72 bits per heavy atom. The number of sulfonamides is 1. The molecular weight excluding hydrogens is 252 g/mol. The van der Waals surface area contributed by atoms with Crippen LogP contribution in [0.15, 0.2) is 0 Å². The van der Waals surface area contributed by atoms with Crippen molar-refractivity contribution in [2.75, 3.05) is 18.8 Å². The third-order valence-corrected chi connectivity index (χ3v) is 5.12. The molecule has 5 nitrogen and oxygen atoms in total. The normalized spacial score (nSPS) is 31.1. The molecule has 0 saturated carbocycles. The number of hydrogen-bond acceptors (Lipinski definition) is 4. The summed E-state index contributed by atoms with van der Waals surface area (Å²) < 4.78 is 32.2. The van der Waals surface area contributed by atoms with Crippen LogP contribution in [0.2, 0.25) is 0 Å². The second-order valence-corrected chi connectivity index (χ2v) is 7.13. The lowest BCUT2D eigenvalue weighted by Gasteiger charge is -2.19. The van der Waals surface area contributed by atoms with Gasteiger partial charge in [0, 0.05) is 0 Å². The molecule has 2 rings (SSSR count). The smallest absolute Gasteiger partial charge is 0.211 e. The van der Waals surface area contributed by atoms with Crippen molar-refractivity contribution in [2.24, 2.45) is 0 Å². The zero-order chi connectivity index (χ0) is 13.0. The summed E-state index contributed by atoms with van der Waals surface area (Å²) in [4.78, 5) is 0. The molecule has 3 atom stereocenters. The second-order valence-electron chi connectivity index (χ2n) is 5.26. The first-order valence-corrected chi connectivity index (χ1v) is 8.62. The van der Waals surface area contributed by atoms with Gasteiger partial charge in [0.05, 0.1) is 24.0 Å². The van der Waals surface area contributed by atoms with E-state index in [2.05, 4.69) is 17.0 Å². The summed E-state index contributed by atoms with van der Waals surface area (Å²) >= 11 is 0. The lowest BCUT2D eigenvalue weighted by molar-refractivity contribution is 0.0996. The Bertz CT molecular complexity index is 358. The van der Waals surface area contributed by atoms with Crippen molar-refractivity contribution in [2.45, 2.75) is 57.3 Å². The second kappa shape index (κ2) is 6.32. The summed E-state index contributed by atoms with van der Waals surface area (Å²) in [6.07, 6.45) is 5.07. The average molecular weight is 276 g/mol. The first-order chi connectivity index (χ1) is 8.61. The molecule has 3 unspecified atom stereocenters. The fourth-order valence-electron chi connectivity index (χ4n) is 2.74. The van der Waals surface area contributed by atoms with Crippen molar-refractivity contribution in [3.05, 3.63) is 0 Å². The van der Waals surface area contributed by atoms with Crippen molar-refractivity contribution in [3.8, 4) is 0 Å². The topological polar surface area (TPSA) is 67.4 Å². The lowest BCUT2D eigenvalue weighted by Crippen LogP contribution is -2.42. The van der Waals surface area contributed by atoms with Crippen LogP contribution in [-0.4, -0.2) is 45.5 Å². The van der Waals surface area contributed by atoms with Crippen LogP contribution >= 0.6 is 0 Å². The molecule has 106 valence electrons. The molecule has 2 N–H and O–H groups in total. The van der Waals surface area contributed by atoms with E-state index in [-0.39, 0.29) is 24.0 Å². The van der Waals surface area contributed by atoms with Crippen LogP contribution in [0.3, 0.4) is 0 Å². The molecule has 2 fully saturated rings. The summed E-state index contributed by atoms with van der Waals surface area (Å²) in [5, 5.41) is 3.21. The first kappa shape index (κ1) is 14.2. The summed E-state index contributed by atoms with van der Waals surface area (Å²) in [5.74, 6) is 0.206. The zero-order valence-corrected chi connectivity index (χ0v) is 11.8. The maximum Gasteiger partial charge on any atom is 0.211 e. The minimum atomic E-state index is -3.14. The van der Waals surface area contributed by atoms with E-state index in [1.54, 1.807) is 0 Å². The van der Waals surface area contributed by atoms with Crippen LogP contribution < -0.4 is 10.0 Å². The van der Waals surface area contributed by atoms with Crippen molar-refractivity contribution in [3.63, 3.8) is 0 Å². The number of hydrogen-bond donors (Lipinski definition) is 2. The molecule has 2 bridgehead atoms. The van der Waals surface area contributed by atoms with Crippen LogP contribution in [-0.2, 0) is 14.8 Å². The van der Waals surface area contributed by atoms with Crippen LogP contribution in [0.25, 0.3) is 0 Å². The minimum Gasteiger partial charge on any atom is -0.373 e. The molecule has 2 saturated heterocycles. The van der Waals surface area contributed by atoms with Gasteiger partial charge in [-0.15, -0.1) is 0 Å². The Balaban J connectivity index is 1.67. The highest BCUT2D eigenvalue weighted by Crippen LogP contribution is 2.34. The van der Waals surface area contributed by atoms with Gasteiger partial charge >= 0.3 is 0 Å². The Hall–Kier alpha value is -0.170. The molecule has 0 aromatic rings. The summed E-state index contributed by atoms with van der Waals surface area (Å²) in [6, 6.07) is 0.0114. The third kappa shape index (κ3) is 3.91. The average Bonchev–Trinajstić information content (AvgIpc) is 2.90. The molecule has 6 heteroatoms. The van der Waals surface area contributed by atoms with Crippen LogP contribution in [0.4, 0.5) is 0 Å². The molecule has 2 aliphatic rings. The van der Waals surface area contributed by atoms with Crippen LogP contribution in [0.1, 0.15) is 39.0 Å². The molecular formula is C12H24N2O3S. The molecule has 2 heterocycles. The van der Waals surface area contributed by atoms with E-state index in [0.29, 0.717) is 6.42 Å². The highest BCUT2D eigenvalue weighted by molar-refractivity contribution is 7.89. The zero-order valence-electron chi connectivity index (χ0n) is 11.0. The third-order valence-electron chi connectivity index (χ3n) is 3.63. The van der Waals surface area contributed by atoms with E-state index in [1.807, 2.05) is 0 Å². The number of nitrogens with one attached hydrogen (secondary N) is 2. The molecule has 0 aromatic carbocycles. The highest BCUT2D eigenvalue weighted by Gasteiger charge is 2.42. The maximum atomic E-state index is 11.9. The minimum absolute atomic E-state index is 0.0114. The highest BCUT2D eigenvalue weighted by atomic mass is 32.2. The number of rotatable bonds is 8. The molecule has 0 aromatic heterocycles. The van der Waals surface area contributed by atoms with Crippen molar-refractivity contribution in [1.29, 1.82) is 0 Å². The molecule has 0 aliphatic carbocycles. The van der Waals surface area contributed by atoms with E-state index in [9.17, 15) is 8.42 Å². The predicted molar refractivity (Wildman–Crippen MR) is 71.0 cm³/mol. The quantitative estimate of drug-likeness (QED) is 0.638. The van der Waals surface area contributed by atoms with Crippen molar-refractivity contribution in [1.82, 2.24) is 10.0 Å². The predicted octanol–water partition coefficient (Wildman–Crippen LogP) is 0.615. The van der Waals surface area contributed by atoms with E-state index < -0.39 is 10.0 Å². The Labute approximate surface area is 110 Å². The number of ether oxygens (including phenoxy) is 1. The van der Waals surface area contributed by atoms with Gasteiger partial charge in [-0.25, -0.2) is 13.1 Å². The SMILES string of the molecule is CCCNCCCS(=O)(=O)NC1CC2CCC1O2.